The van der Waals surface area contributed by atoms with E-state index in [2.05, 4.69) is 0 Å². The van der Waals surface area contributed by atoms with Crippen LogP contribution in [-0.2, 0) is 4.74 Å². The van der Waals surface area contributed by atoms with Crippen LogP contribution < -0.4 is 4.74 Å². The van der Waals surface area contributed by atoms with Crippen LogP contribution in [0.25, 0.3) is 0 Å². The van der Waals surface area contributed by atoms with Gasteiger partial charge in [-0.1, -0.05) is 0 Å². The molecule has 0 aliphatic heterocycles. The zero-order valence-electron chi connectivity index (χ0n) is 8.88. The highest BCUT2D eigenvalue weighted by atomic mass is 32.1. The summed E-state index contributed by atoms with van der Waals surface area (Å²) in [5.41, 5.74) is 0. The van der Waals surface area contributed by atoms with E-state index in [0.29, 0.717) is 6.61 Å². The summed E-state index contributed by atoms with van der Waals surface area (Å²) < 4.78 is 10.2. The summed E-state index contributed by atoms with van der Waals surface area (Å²) in [5, 5.41) is 19.9. The Kier molecular flexibility index (Phi) is 5.24. The van der Waals surface area contributed by atoms with Crippen molar-refractivity contribution in [1.82, 2.24) is 0 Å². The van der Waals surface area contributed by atoms with Crippen LogP contribution in [0.2, 0.25) is 0 Å². The second-order valence-corrected chi connectivity index (χ2v) is 3.96. The monoisotopic (exact) mass is 246 g/mol. The Morgan fingerprint density at radius 3 is 2.94 bits per heavy atom. The molecule has 0 saturated carbocycles. The second kappa shape index (κ2) is 6.47. The van der Waals surface area contributed by atoms with Gasteiger partial charge < -0.3 is 19.7 Å². The smallest absolute Gasteiger partial charge is 0.349 e. The molecule has 6 heteroatoms. The predicted molar refractivity (Wildman–Crippen MR) is 59.3 cm³/mol. The third-order valence-electron chi connectivity index (χ3n) is 1.77. The first-order valence-corrected chi connectivity index (χ1v) is 5.72. The van der Waals surface area contributed by atoms with E-state index in [1.54, 1.807) is 11.4 Å². The summed E-state index contributed by atoms with van der Waals surface area (Å²) in [7, 11) is 0. The Hall–Kier alpha value is -1.11. The summed E-state index contributed by atoms with van der Waals surface area (Å²) in [6, 6.07) is 1.57. The minimum atomic E-state index is -1.02. The number of thiophene rings is 1. The normalized spacial score (nSPS) is 12.4. The highest BCUT2D eigenvalue weighted by molar-refractivity contribution is 7.12. The lowest BCUT2D eigenvalue weighted by atomic mass is 10.4. The van der Waals surface area contributed by atoms with E-state index in [-0.39, 0.29) is 23.8 Å². The summed E-state index contributed by atoms with van der Waals surface area (Å²) in [6.07, 6.45) is -0.749. The quantitative estimate of drug-likeness (QED) is 0.756. The molecule has 0 aromatic carbocycles. The fraction of sp³-hybridized carbons (Fsp3) is 0.500. The van der Waals surface area contributed by atoms with Gasteiger partial charge in [0.1, 0.15) is 18.5 Å². The van der Waals surface area contributed by atoms with Crippen molar-refractivity contribution < 1.29 is 24.5 Å². The zero-order valence-corrected chi connectivity index (χ0v) is 9.70. The van der Waals surface area contributed by atoms with E-state index < -0.39 is 12.1 Å². The SMILES string of the molecule is CCOCC(O)COc1ccsc1C(=O)O. The van der Waals surface area contributed by atoms with Crippen molar-refractivity contribution in [1.29, 1.82) is 0 Å². The molecule has 1 heterocycles. The zero-order chi connectivity index (χ0) is 12.0. The molecule has 90 valence electrons. The lowest BCUT2D eigenvalue weighted by Gasteiger charge is -2.11. The van der Waals surface area contributed by atoms with Crippen LogP contribution in [-0.4, -0.2) is 42.1 Å². The minimum absolute atomic E-state index is 0.0248. The van der Waals surface area contributed by atoms with Gasteiger partial charge in [-0.15, -0.1) is 11.3 Å². The molecule has 0 aliphatic rings. The molecule has 0 bridgehead atoms. The highest BCUT2D eigenvalue weighted by Gasteiger charge is 2.14. The van der Waals surface area contributed by atoms with Gasteiger partial charge >= 0.3 is 5.97 Å². The van der Waals surface area contributed by atoms with Crippen molar-refractivity contribution in [2.75, 3.05) is 19.8 Å². The van der Waals surface area contributed by atoms with Crippen LogP contribution in [0.1, 0.15) is 16.6 Å². The maximum absolute atomic E-state index is 10.7. The number of aliphatic hydroxyl groups is 1. The number of hydrogen-bond donors (Lipinski definition) is 2. The van der Waals surface area contributed by atoms with Gasteiger partial charge in [0.2, 0.25) is 0 Å². The Balaban J connectivity index is 2.42. The summed E-state index contributed by atoms with van der Waals surface area (Å²) in [4.78, 5) is 10.9. The molecule has 0 saturated heterocycles. The van der Waals surface area contributed by atoms with Crippen LogP contribution in [0.4, 0.5) is 0 Å². The van der Waals surface area contributed by atoms with Crippen LogP contribution in [0.5, 0.6) is 5.75 Å². The van der Waals surface area contributed by atoms with E-state index in [0.717, 1.165) is 11.3 Å². The molecular formula is C10H14O5S. The van der Waals surface area contributed by atoms with Crippen molar-refractivity contribution in [3.8, 4) is 5.75 Å². The predicted octanol–water partition coefficient (Wildman–Crippen LogP) is 1.22. The fourth-order valence-corrected chi connectivity index (χ4v) is 1.73. The van der Waals surface area contributed by atoms with Gasteiger partial charge in [0, 0.05) is 6.61 Å². The van der Waals surface area contributed by atoms with Crippen LogP contribution in [0.15, 0.2) is 11.4 Å². The molecule has 0 fully saturated rings. The molecule has 5 nitrogen and oxygen atoms in total. The van der Waals surface area contributed by atoms with Crippen LogP contribution >= 0.6 is 11.3 Å². The van der Waals surface area contributed by atoms with E-state index in [9.17, 15) is 9.90 Å². The van der Waals surface area contributed by atoms with Gasteiger partial charge in [0.15, 0.2) is 4.88 Å². The summed E-state index contributed by atoms with van der Waals surface area (Å²) in [5.74, 6) is -0.739. The highest BCUT2D eigenvalue weighted by Crippen LogP contribution is 2.24. The molecular weight excluding hydrogens is 232 g/mol. The number of aliphatic hydroxyl groups excluding tert-OH is 1. The molecule has 0 spiro atoms. The van der Waals surface area contributed by atoms with Crippen LogP contribution in [0, 0.1) is 0 Å². The Bertz CT molecular complexity index is 336. The van der Waals surface area contributed by atoms with E-state index in [4.69, 9.17) is 14.6 Å². The number of carboxylic acid groups (broad SMARTS) is 1. The maximum atomic E-state index is 10.7. The lowest BCUT2D eigenvalue weighted by molar-refractivity contribution is 0.0162. The average molecular weight is 246 g/mol. The molecule has 1 atom stereocenters. The molecule has 2 N–H and O–H groups in total. The molecule has 1 unspecified atom stereocenters. The Morgan fingerprint density at radius 1 is 1.56 bits per heavy atom. The molecule has 16 heavy (non-hydrogen) atoms. The largest absolute Gasteiger partial charge is 0.489 e. The van der Waals surface area contributed by atoms with Gasteiger partial charge in [-0.25, -0.2) is 4.79 Å². The molecule has 1 rings (SSSR count). The molecule has 0 aliphatic carbocycles. The van der Waals surface area contributed by atoms with Gasteiger partial charge in [0.25, 0.3) is 0 Å². The number of carbonyl (C=O) groups is 1. The first kappa shape index (κ1) is 13.0. The van der Waals surface area contributed by atoms with E-state index in [1.165, 1.54) is 0 Å². The third kappa shape index (κ3) is 3.80. The number of rotatable bonds is 7. The van der Waals surface area contributed by atoms with Crippen LogP contribution in [0.3, 0.4) is 0 Å². The number of aromatic carboxylic acids is 1. The molecule has 1 aromatic rings. The summed E-state index contributed by atoms with van der Waals surface area (Å²) >= 11 is 1.09. The standard InChI is InChI=1S/C10H14O5S/c1-2-14-5-7(11)6-15-8-3-4-16-9(8)10(12)13/h3-4,7,11H,2,5-6H2,1H3,(H,12,13). The Morgan fingerprint density at radius 2 is 2.31 bits per heavy atom. The third-order valence-corrected chi connectivity index (χ3v) is 2.65. The van der Waals surface area contributed by atoms with Crippen molar-refractivity contribution in [2.45, 2.75) is 13.0 Å². The summed E-state index contributed by atoms with van der Waals surface area (Å²) in [6.45, 7) is 2.56. The Labute approximate surface area is 97.2 Å². The van der Waals surface area contributed by atoms with Crippen molar-refractivity contribution >= 4 is 17.3 Å². The lowest BCUT2D eigenvalue weighted by Crippen LogP contribution is -2.23. The second-order valence-electron chi connectivity index (χ2n) is 3.04. The average Bonchev–Trinajstić information content (AvgIpc) is 2.71. The minimum Gasteiger partial charge on any atom is -0.489 e. The van der Waals surface area contributed by atoms with Crippen molar-refractivity contribution in [3.05, 3.63) is 16.3 Å². The van der Waals surface area contributed by atoms with E-state index >= 15 is 0 Å². The van der Waals surface area contributed by atoms with Gasteiger partial charge in [-0.05, 0) is 18.4 Å². The van der Waals surface area contributed by atoms with Gasteiger partial charge in [-0.2, -0.15) is 0 Å². The first-order valence-electron chi connectivity index (χ1n) is 4.84. The van der Waals surface area contributed by atoms with Gasteiger partial charge in [-0.3, -0.25) is 0 Å². The maximum Gasteiger partial charge on any atom is 0.349 e. The fourth-order valence-electron chi connectivity index (χ4n) is 1.06. The molecule has 0 radical (unpaired) electrons. The number of ether oxygens (including phenoxy) is 2. The first-order chi connectivity index (χ1) is 7.65. The van der Waals surface area contributed by atoms with Crippen molar-refractivity contribution in [2.24, 2.45) is 0 Å². The van der Waals surface area contributed by atoms with Gasteiger partial charge in [0.05, 0.1) is 6.61 Å². The molecule has 0 amide bonds. The number of hydrogen-bond acceptors (Lipinski definition) is 5. The van der Waals surface area contributed by atoms with Crippen molar-refractivity contribution in [3.63, 3.8) is 0 Å². The van der Waals surface area contributed by atoms with E-state index in [1.807, 2.05) is 6.92 Å². The molecule has 1 aromatic heterocycles. The number of carboxylic acids is 1. The topological polar surface area (TPSA) is 76.0 Å².